The number of ether oxygens (including phenoxy) is 1. The second kappa shape index (κ2) is 9.32. The zero-order valence-electron chi connectivity index (χ0n) is 15.9. The van der Waals surface area contributed by atoms with Gasteiger partial charge in [-0.3, -0.25) is 25.2 Å². The van der Waals surface area contributed by atoms with E-state index < -0.39 is 36.2 Å². The summed E-state index contributed by atoms with van der Waals surface area (Å²) >= 11 is 0. The molecule has 10 nitrogen and oxygen atoms in total. The van der Waals surface area contributed by atoms with E-state index in [9.17, 15) is 19.2 Å². The van der Waals surface area contributed by atoms with Gasteiger partial charge in [-0.05, 0) is 31.2 Å². The zero-order valence-corrected chi connectivity index (χ0v) is 15.9. The fourth-order valence-electron chi connectivity index (χ4n) is 2.40. The third-order valence-corrected chi connectivity index (χ3v) is 3.92. The summed E-state index contributed by atoms with van der Waals surface area (Å²) in [5.41, 5.74) is 5.31. The van der Waals surface area contributed by atoms with E-state index in [4.69, 9.17) is 9.15 Å². The van der Waals surface area contributed by atoms with Crippen molar-refractivity contribution in [2.75, 3.05) is 0 Å². The summed E-state index contributed by atoms with van der Waals surface area (Å²) in [5.74, 6) is -2.92. The van der Waals surface area contributed by atoms with Crippen LogP contribution in [0.5, 0.6) is 0 Å². The Labute approximate surface area is 170 Å². The van der Waals surface area contributed by atoms with E-state index in [1.807, 2.05) is 0 Å². The Bertz CT molecular complexity index is 1090. The van der Waals surface area contributed by atoms with Crippen LogP contribution in [0.15, 0.2) is 69.9 Å². The highest BCUT2D eigenvalue weighted by Crippen LogP contribution is 2.13. The number of hydrogen-bond acceptors (Lipinski definition) is 7. The highest BCUT2D eigenvalue weighted by Gasteiger charge is 2.20. The monoisotopic (exact) mass is 410 g/mol. The van der Waals surface area contributed by atoms with Gasteiger partial charge in [0.2, 0.25) is 5.89 Å². The van der Waals surface area contributed by atoms with Crippen molar-refractivity contribution < 1.29 is 23.5 Å². The van der Waals surface area contributed by atoms with Crippen LogP contribution in [0.4, 0.5) is 0 Å². The Morgan fingerprint density at radius 3 is 2.33 bits per heavy atom. The molecule has 1 atom stereocenters. The number of benzene rings is 2. The lowest BCUT2D eigenvalue weighted by molar-refractivity contribution is -0.155. The van der Waals surface area contributed by atoms with E-state index >= 15 is 0 Å². The molecule has 0 aliphatic heterocycles. The minimum absolute atomic E-state index is 0.0582. The van der Waals surface area contributed by atoms with Crippen LogP contribution in [0, 0.1) is 0 Å². The number of nitrogens with zero attached hydrogens (tertiary/aromatic N) is 2. The largest absolute Gasteiger partial charge is 0.451 e. The predicted molar refractivity (Wildman–Crippen MR) is 104 cm³/mol. The maximum Gasteiger partial charge on any atom is 0.437 e. The molecule has 2 aromatic carbocycles. The summed E-state index contributed by atoms with van der Waals surface area (Å²) < 4.78 is 10.8. The van der Waals surface area contributed by atoms with Crippen LogP contribution < -0.4 is 16.6 Å². The number of hydrazine groups is 1. The maximum absolute atomic E-state index is 12.1. The van der Waals surface area contributed by atoms with Gasteiger partial charge in [-0.25, -0.2) is 4.79 Å². The van der Waals surface area contributed by atoms with Crippen LogP contribution in [0.1, 0.15) is 17.3 Å². The molecule has 3 aromatic rings. The highest BCUT2D eigenvalue weighted by atomic mass is 16.5. The molecular weight excluding hydrogens is 392 g/mol. The third-order valence-electron chi connectivity index (χ3n) is 3.92. The van der Waals surface area contributed by atoms with Gasteiger partial charge in [-0.15, -0.1) is 5.10 Å². The normalized spacial score (nSPS) is 11.4. The molecule has 0 saturated heterocycles. The minimum Gasteiger partial charge on any atom is -0.451 e. The molecule has 3 rings (SSSR count). The first-order chi connectivity index (χ1) is 14.4. The predicted octanol–water partition coefficient (Wildman–Crippen LogP) is 0.896. The molecule has 0 unspecified atom stereocenters. The van der Waals surface area contributed by atoms with E-state index in [0.29, 0.717) is 11.1 Å². The summed E-state index contributed by atoms with van der Waals surface area (Å²) in [5, 5.41) is 3.94. The number of rotatable bonds is 6. The Morgan fingerprint density at radius 1 is 1.03 bits per heavy atom. The van der Waals surface area contributed by atoms with E-state index in [1.165, 1.54) is 6.92 Å². The van der Waals surface area contributed by atoms with E-state index in [1.54, 1.807) is 60.7 Å². The molecule has 0 radical (unpaired) electrons. The van der Waals surface area contributed by atoms with Crippen LogP contribution in [-0.2, 0) is 20.9 Å². The van der Waals surface area contributed by atoms with Gasteiger partial charge >= 0.3 is 11.7 Å². The quantitative estimate of drug-likeness (QED) is 0.456. The molecule has 10 heteroatoms. The van der Waals surface area contributed by atoms with Crippen molar-refractivity contribution in [2.45, 2.75) is 19.6 Å². The van der Waals surface area contributed by atoms with E-state index in [2.05, 4.69) is 16.0 Å². The molecule has 1 aromatic heterocycles. The molecule has 0 bridgehead atoms. The van der Waals surface area contributed by atoms with Gasteiger partial charge in [0.15, 0.2) is 6.10 Å². The number of amides is 2. The summed E-state index contributed by atoms with van der Waals surface area (Å²) in [7, 11) is 0. The van der Waals surface area contributed by atoms with Crippen molar-refractivity contribution >= 4 is 17.8 Å². The molecule has 0 fully saturated rings. The number of carbonyl (C=O) groups excluding carboxylic acids is 3. The van der Waals surface area contributed by atoms with Crippen LogP contribution in [0.3, 0.4) is 0 Å². The highest BCUT2D eigenvalue weighted by molar-refractivity contribution is 5.95. The minimum atomic E-state index is -1.22. The Morgan fingerprint density at radius 2 is 1.67 bits per heavy atom. The fourth-order valence-corrected chi connectivity index (χ4v) is 2.40. The van der Waals surface area contributed by atoms with Crippen molar-refractivity contribution in [3.8, 4) is 11.5 Å². The molecular formula is C20H18N4O6. The first kappa shape index (κ1) is 20.5. The van der Waals surface area contributed by atoms with Crippen LogP contribution in [0.2, 0.25) is 0 Å². The van der Waals surface area contributed by atoms with E-state index in [0.717, 1.165) is 4.68 Å². The molecule has 0 aliphatic rings. The second-order valence-corrected chi connectivity index (χ2v) is 6.14. The van der Waals surface area contributed by atoms with Crippen molar-refractivity contribution in [2.24, 2.45) is 0 Å². The number of esters is 1. The number of nitrogens with one attached hydrogen (secondary N) is 2. The molecule has 154 valence electrons. The Hall–Kier alpha value is -4.21. The fraction of sp³-hybridized carbons (Fsp3) is 0.150. The average molecular weight is 410 g/mol. The number of aromatic nitrogens is 2. The van der Waals surface area contributed by atoms with Crippen LogP contribution >= 0.6 is 0 Å². The second-order valence-electron chi connectivity index (χ2n) is 6.14. The SMILES string of the molecule is C[C@@H](OC(=O)Cn1nc(-c2ccccc2)oc1=O)C(=O)NNC(=O)c1ccccc1. The summed E-state index contributed by atoms with van der Waals surface area (Å²) in [6, 6.07) is 16.9. The van der Waals surface area contributed by atoms with E-state index in [-0.39, 0.29) is 5.89 Å². The molecule has 0 spiro atoms. The van der Waals surface area contributed by atoms with Crippen LogP contribution in [-0.4, -0.2) is 33.7 Å². The average Bonchev–Trinajstić information content (AvgIpc) is 3.13. The van der Waals surface area contributed by atoms with Crippen molar-refractivity contribution in [3.63, 3.8) is 0 Å². The Balaban J connectivity index is 1.52. The topological polar surface area (TPSA) is 133 Å². The summed E-state index contributed by atoms with van der Waals surface area (Å²) in [6.45, 7) is 0.784. The third kappa shape index (κ3) is 5.19. The van der Waals surface area contributed by atoms with Gasteiger partial charge < -0.3 is 9.15 Å². The number of hydrogen-bond donors (Lipinski definition) is 2. The van der Waals surface area contributed by atoms with Crippen molar-refractivity contribution in [3.05, 3.63) is 76.8 Å². The van der Waals surface area contributed by atoms with Crippen molar-refractivity contribution in [1.82, 2.24) is 20.6 Å². The van der Waals surface area contributed by atoms with Crippen LogP contribution in [0.25, 0.3) is 11.5 Å². The van der Waals surface area contributed by atoms with Crippen molar-refractivity contribution in [1.29, 1.82) is 0 Å². The molecule has 2 amide bonds. The zero-order chi connectivity index (χ0) is 21.5. The molecule has 1 heterocycles. The lowest BCUT2D eigenvalue weighted by Crippen LogP contribution is -2.47. The van der Waals surface area contributed by atoms with Gasteiger partial charge in [-0.2, -0.15) is 4.68 Å². The first-order valence-corrected chi connectivity index (χ1v) is 8.92. The lowest BCUT2D eigenvalue weighted by atomic mass is 10.2. The maximum atomic E-state index is 12.1. The number of carbonyl (C=O) groups is 3. The van der Waals surface area contributed by atoms with Gasteiger partial charge in [0.25, 0.3) is 11.8 Å². The molecule has 0 saturated carbocycles. The lowest BCUT2D eigenvalue weighted by Gasteiger charge is -2.13. The molecule has 0 aliphatic carbocycles. The summed E-state index contributed by atoms with van der Waals surface area (Å²) in [6.07, 6.45) is -1.22. The Kier molecular flexibility index (Phi) is 6.38. The molecule has 30 heavy (non-hydrogen) atoms. The smallest absolute Gasteiger partial charge is 0.437 e. The standard InChI is InChI=1S/C20H18N4O6/c1-13(17(26)21-22-18(27)14-8-4-2-5-9-14)29-16(25)12-24-20(28)30-19(23-24)15-10-6-3-7-11-15/h2-11,13H,12H2,1H3,(H,21,26)(H,22,27)/t13-/m1/s1. The molecule has 2 N–H and O–H groups in total. The first-order valence-electron chi connectivity index (χ1n) is 8.92. The van der Waals surface area contributed by atoms with Gasteiger partial charge in [0.05, 0.1) is 0 Å². The van der Waals surface area contributed by atoms with Gasteiger partial charge in [0, 0.05) is 11.1 Å². The summed E-state index contributed by atoms with van der Waals surface area (Å²) in [4.78, 5) is 47.9. The van der Waals surface area contributed by atoms with Gasteiger partial charge in [0.1, 0.15) is 6.54 Å². The van der Waals surface area contributed by atoms with Gasteiger partial charge in [-0.1, -0.05) is 36.4 Å².